The lowest BCUT2D eigenvalue weighted by Gasteiger charge is -2.04. The van der Waals surface area contributed by atoms with Gasteiger partial charge in [0.25, 0.3) is 10.1 Å². The summed E-state index contributed by atoms with van der Waals surface area (Å²) >= 11 is 0. The van der Waals surface area contributed by atoms with Gasteiger partial charge < -0.3 is 24.1 Å². The lowest BCUT2D eigenvalue weighted by molar-refractivity contribution is 0.0333. The van der Waals surface area contributed by atoms with E-state index < -0.39 is 10.1 Å². The van der Waals surface area contributed by atoms with Crippen molar-refractivity contribution in [3.05, 3.63) is 0 Å². The average molecular weight is 374 g/mol. The number of aliphatic hydroxyl groups is 1. The van der Waals surface area contributed by atoms with E-state index in [9.17, 15) is 8.42 Å². The molecule has 0 aliphatic heterocycles. The van der Waals surface area contributed by atoms with Crippen molar-refractivity contribution in [1.29, 1.82) is 0 Å². The Hall–Kier alpha value is -0.290. The second kappa shape index (κ2) is 20.8. The minimum Gasteiger partial charge on any atom is -0.394 e. The van der Waals surface area contributed by atoms with Crippen molar-refractivity contribution in [2.75, 3.05) is 72.3 Å². The molecule has 0 unspecified atom stereocenters. The number of aliphatic hydroxyl groups excluding tert-OH is 1. The van der Waals surface area contributed by atoms with E-state index in [1.807, 2.05) is 6.92 Å². The van der Waals surface area contributed by atoms with Gasteiger partial charge in [0, 0.05) is 13.2 Å². The zero-order valence-electron chi connectivity index (χ0n) is 15.2. The highest BCUT2D eigenvalue weighted by atomic mass is 32.2. The number of hydrogen-bond donors (Lipinski definition) is 1. The zero-order chi connectivity index (χ0) is 18.5. The van der Waals surface area contributed by atoms with Crippen molar-refractivity contribution < 1.29 is 36.7 Å². The third kappa shape index (κ3) is 29.7. The van der Waals surface area contributed by atoms with E-state index in [1.54, 1.807) is 0 Å². The predicted octanol–water partition coefficient (Wildman–Crippen LogP) is 0.828. The van der Waals surface area contributed by atoms with Crippen LogP contribution in [0, 0.1) is 0 Å². The lowest BCUT2D eigenvalue weighted by Crippen LogP contribution is -2.12. The summed E-state index contributed by atoms with van der Waals surface area (Å²) in [6.45, 7) is 8.66. The molecular weight excluding hydrogens is 340 g/mol. The minimum atomic E-state index is -3.34. The van der Waals surface area contributed by atoms with Crippen LogP contribution in [0.4, 0.5) is 0 Å². The van der Waals surface area contributed by atoms with Crippen LogP contribution < -0.4 is 0 Å². The van der Waals surface area contributed by atoms with Crippen LogP contribution in [0.25, 0.3) is 0 Å². The van der Waals surface area contributed by atoms with Gasteiger partial charge in [-0.15, -0.1) is 0 Å². The van der Waals surface area contributed by atoms with Crippen LogP contribution in [0.15, 0.2) is 0 Å². The molecule has 0 atom stereocenters. The quantitative estimate of drug-likeness (QED) is 0.313. The molecule has 0 heterocycles. The molecule has 0 radical (unpaired) electrons. The molecule has 8 nitrogen and oxygen atoms in total. The molecule has 0 rings (SSSR count). The fourth-order valence-electron chi connectivity index (χ4n) is 1.24. The summed E-state index contributed by atoms with van der Waals surface area (Å²) in [7, 11) is -3.34. The SMILES string of the molecule is CCCOCCOCCO.CCCOCCOCCOS(C)(=O)=O. The minimum absolute atomic E-state index is 0.0621. The Labute approximate surface area is 146 Å². The molecule has 24 heavy (non-hydrogen) atoms. The summed E-state index contributed by atoms with van der Waals surface area (Å²) in [6, 6.07) is 0. The zero-order valence-corrected chi connectivity index (χ0v) is 16.0. The average Bonchev–Trinajstić information content (AvgIpc) is 2.53. The van der Waals surface area contributed by atoms with Gasteiger partial charge in [-0.05, 0) is 12.8 Å². The van der Waals surface area contributed by atoms with Gasteiger partial charge in [0.05, 0.1) is 59.1 Å². The fraction of sp³-hybridized carbons (Fsp3) is 1.00. The first kappa shape index (κ1) is 25.9. The molecule has 1 N–H and O–H groups in total. The topological polar surface area (TPSA) is 101 Å². The molecule has 0 aliphatic carbocycles. The van der Waals surface area contributed by atoms with Crippen molar-refractivity contribution in [2.24, 2.45) is 0 Å². The Morgan fingerprint density at radius 1 is 0.667 bits per heavy atom. The van der Waals surface area contributed by atoms with Crippen LogP contribution in [0.1, 0.15) is 26.7 Å². The summed E-state index contributed by atoms with van der Waals surface area (Å²) in [5, 5.41) is 8.30. The van der Waals surface area contributed by atoms with Gasteiger partial charge in [-0.3, -0.25) is 4.18 Å². The Kier molecular flexibility index (Phi) is 22.4. The maximum atomic E-state index is 10.5. The molecule has 148 valence electrons. The van der Waals surface area contributed by atoms with Crippen molar-refractivity contribution >= 4 is 10.1 Å². The summed E-state index contributed by atoms with van der Waals surface area (Å²) in [5.41, 5.74) is 0. The highest BCUT2D eigenvalue weighted by molar-refractivity contribution is 7.85. The van der Waals surface area contributed by atoms with Gasteiger partial charge in [-0.25, -0.2) is 0 Å². The van der Waals surface area contributed by atoms with Crippen molar-refractivity contribution in [2.45, 2.75) is 26.7 Å². The molecule has 0 aromatic heterocycles. The van der Waals surface area contributed by atoms with Gasteiger partial charge in [0.2, 0.25) is 0 Å². The summed E-state index contributed by atoms with van der Waals surface area (Å²) < 4.78 is 45.8. The van der Waals surface area contributed by atoms with Gasteiger partial charge in [0.1, 0.15) is 0 Å². The maximum absolute atomic E-state index is 10.5. The Bertz CT molecular complexity index is 313. The first-order valence-corrected chi connectivity index (χ1v) is 10.1. The van der Waals surface area contributed by atoms with E-state index in [2.05, 4.69) is 11.1 Å². The van der Waals surface area contributed by atoms with E-state index in [0.717, 1.165) is 32.3 Å². The second-order valence-electron chi connectivity index (χ2n) is 4.70. The standard InChI is InChI=1S/C8H18O5S.C7H16O3/c1-3-4-11-5-6-12-7-8-13-14(2,9)10;1-2-4-9-6-7-10-5-3-8/h3-8H2,1-2H3;8H,2-7H2,1H3. The van der Waals surface area contributed by atoms with Gasteiger partial charge in [-0.1, -0.05) is 13.8 Å². The van der Waals surface area contributed by atoms with E-state index in [-0.39, 0.29) is 19.8 Å². The Morgan fingerprint density at radius 2 is 1.04 bits per heavy atom. The molecule has 0 bridgehead atoms. The van der Waals surface area contributed by atoms with Gasteiger partial charge in [0.15, 0.2) is 0 Å². The molecule has 0 saturated carbocycles. The Balaban J connectivity index is 0. The van der Waals surface area contributed by atoms with E-state index >= 15 is 0 Å². The van der Waals surface area contributed by atoms with E-state index in [0.29, 0.717) is 33.0 Å². The predicted molar refractivity (Wildman–Crippen MR) is 91.7 cm³/mol. The molecule has 0 aliphatic rings. The third-order valence-corrected chi connectivity index (χ3v) is 2.80. The lowest BCUT2D eigenvalue weighted by atomic mass is 10.5. The van der Waals surface area contributed by atoms with Gasteiger partial charge in [-0.2, -0.15) is 8.42 Å². The molecule has 0 saturated heterocycles. The van der Waals surface area contributed by atoms with Crippen molar-refractivity contribution in [3.63, 3.8) is 0 Å². The van der Waals surface area contributed by atoms with Crippen LogP contribution >= 0.6 is 0 Å². The molecule has 0 aromatic rings. The highest BCUT2D eigenvalue weighted by Crippen LogP contribution is 1.87. The number of rotatable bonds is 16. The first-order chi connectivity index (χ1) is 11.5. The van der Waals surface area contributed by atoms with Gasteiger partial charge >= 0.3 is 0 Å². The summed E-state index contributed by atoms with van der Waals surface area (Å²) in [6.07, 6.45) is 3.04. The summed E-state index contributed by atoms with van der Waals surface area (Å²) in [4.78, 5) is 0. The van der Waals surface area contributed by atoms with Crippen LogP contribution in [-0.2, 0) is 33.2 Å². The fourth-order valence-corrected chi connectivity index (χ4v) is 1.61. The molecule has 0 fully saturated rings. The number of hydrogen-bond acceptors (Lipinski definition) is 8. The Morgan fingerprint density at radius 3 is 1.42 bits per heavy atom. The van der Waals surface area contributed by atoms with E-state index in [1.165, 1.54) is 0 Å². The first-order valence-electron chi connectivity index (χ1n) is 8.24. The maximum Gasteiger partial charge on any atom is 0.264 e. The largest absolute Gasteiger partial charge is 0.394 e. The molecule has 0 spiro atoms. The van der Waals surface area contributed by atoms with Crippen LogP contribution in [-0.4, -0.2) is 85.8 Å². The monoisotopic (exact) mass is 374 g/mol. The van der Waals surface area contributed by atoms with Crippen LogP contribution in [0.2, 0.25) is 0 Å². The molecule has 0 aromatic carbocycles. The van der Waals surface area contributed by atoms with Crippen LogP contribution in [0.3, 0.4) is 0 Å². The van der Waals surface area contributed by atoms with E-state index in [4.69, 9.17) is 24.1 Å². The molecular formula is C15H34O8S. The summed E-state index contributed by atoms with van der Waals surface area (Å²) in [5.74, 6) is 0. The number of ether oxygens (including phenoxy) is 4. The van der Waals surface area contributed by atoms with Crippen molar-refractivity contribution in [3.8, 4) is 0 Å². The van der Waals surface area contributed by atoms with Crippen molar-refractivity contribution in [1.82, 2.24) is 0 Å². The van der Waals surface area contributed by atoms with Crippen LogP contribution in [0.5, 0.6) is 0 Å². The molecule has 9 heteroatoms. The second-order valence-corrected chi connectivity index (χ2v) is 6.34. The highest BCUT2D eigenvalue weighted by Gasteiger charge is 1.99. The molecule has 0 amide bonds. The normalized spacial score (nSPS) is 11.2. The smallest absolute Gasteiger partial charge is 0.264 e. The third-order valence-electron chi connectivity index (χ3n) is 2.20.